The van der Waals surface area contributed by atoms with Crippen LogP contribution in [-0.4, -0.2) is 39.6 Å². The topological polar surface area (TPSA) is 49.4 Å². The number of rotatable bonds is 5. The van der Waals surface area contributed by atoms with Gasteiger partial charge in [-0.2, -0.15) is 0 Å². The summed E-state index contributed by atoms with van der Waals surface area (Å²) in [5, 5.41) is 3.52. The van der Waals surface area contributed by atoms with Crippen molar-refractivity contribution in [3.8, 4) is 0 Å². The second-order valence-corrected chi connectivity index (χ2v) is 7.87. The van der Waals surface area contributed by atoms with E-state index in [0.717, 1.165) is 19.5 Å². The van der Waals surface area contributed by atoms with Crippen LogP contribution in [0.5, 0.6) is 0 Å². The number of benzene rings is 1. The zero-order valence-corrected chi connectivity index (χ0v) is 13.8. The normalized spacial score (nSPS) is 20.0. The van der Waals surface area contributed by atoms with Gasteiger partial charge in [0.05, 0.1) is 11.5 Å². The van der Waals surface area contributed by atoms with Crippen molar-refractivity contribution in [1.82, 2.24) is 5.32 Å². The molecule has 1 N–H and O–H groups in total. The average Bonchev–Trinajstić information content (AvgIpc) is 2.66. The first-order chi connectivity index (χ1) is 10.1. The summed E-state index contributed by atoms with van der Waals surface area (Å²) in [5.41, 5.74) is 2.46. The molecule has 5 heteroatoms. The van der Waals surface area contributed by atoms with Crippen molar-refractivity contribution in [1.29, 1.82) is 0 Å². The third-order valence-corrected chi connectivity index (χ3v) is 5.78. The van der Waals surface area contributed by atoms with Crippen molar-refractivity contribution in [3.05, 3.63) is 29.8 Å². The summed E-state index contributed by atoms with van der Waals surface area (Å²) in [6.45, 7) is 6.64. The molecule has 1 aromatic carbocycles. The van der Waals surface area contributed by atoms with Gasteiger partial charge in [0.15, 0.2) is 9.84 Å². The summed E-state index contributed by atoms with van der Waals surface area (Å²) in [7, 11) is -2.87. The van der Waals surface area contributed by atoms with Gasteiger partial charge in [-0.3, -0.25) is 0 Å². The Morgan fingerprint density at radius 3 is 2.67 bits per heavy atom. The molecule has 1 fully saturated rings. The molecule has 1 unspecified atom stereocenters. The van der Waals surface area contributed by atoms with Crippen LogP contribution in [0.25, 0.3) is 0 Å². The van der Waals surface area contributed by atoms with Gasteiger partial charge in [0.25, 0.3) is 0 Å². The van der Waals surface area contributed by atoms with E-state index in [1.54, 1.807) is 0 Å². The predicted octanol–water partition coefficient (Wildman–Crippen LogP) is 2.37. The van der Waals surface area contributed by atoms with Crippen LogP contribution in [0.2, 0.25) is 0 Å². The Bertz CT molecular complexity index is 557. The van der Waals surface area contributed by atoms with E-state index >= 15 is 0 Å². The Hall–Kier alpha value is -1.07. The van der Waals surface area contributed by atoms with Crippen molar-refractivity contribution in [2.75, 3.05) is 36.0 Å². The fourth-order valence-electron chi connectivity index (χ4n) is 2.97. The minimum Gasteiger partial charge on any atom is -0.370 e. The van der Waals surface area contributed by atoms with Gasteiger partial charge < -0.3 is 10.2 Å². The number of hydrogen-bond donors (Lipinski definition) is 1. The summed E-state index contributed by atoms with van der Waals surface area (Å²) in [6, 6.07) is 8.70. The zero-order valence-electron chi connectivity index (χ0n) is 13.0. The molecule has 1 aromatic rings. The van der Waals surface area contributed by atoms with Crippen molar-refractivity contribution in [3.63, 3.8) is 0 Å². The Balaban J connectivity index is 2.27. The van der Waals surface area contributed by atoms with Crippen LogP contribution in [0, 0.1) is 0 Å². The molecule has 0 bridgehead atoms. The highest BCUT2D eigenvalue weighted by atomic mass is 32.2. The molecule has 1 aliphatic rings. The van der Waals surface area contributed by atoms with Gasteiger partial charge in [-0.25, -0.2) is 8.42 Å². The molecule has 2 rings (SSSR count). The largest absolute Gasteiger partial charge is 0.370 e. The summed E-state index contributed by atoms with van der Waals surface area (Å²) in [5.74, 6) is 0.579. The van der Waals surface area contributed by atoms with Crippen molar-refractivity contribution in [2.45, 2.75) is 32.7 Å². The van der Waals surface area contributed by atoms with E-state index in [2.05, 4.69) is 42.3 Å². The first-order valence-corrected chi connectivity index (χ1v) is 9.67. The third kappa shape index (κ3) is 4.20. The zero-order chi connectivity index (χ0) is 15.3. The number of anilines is 1. The Morgan fingerprint density at radius 1 is 1.19 bits per heavy atom. The lowest BCUT2D eigenvalue weighted by atomic mass is 10.0. The van der Waals surface area contributed by atoms with Crippen LogP contribution in [-0.2, 0) is 9.84 Å². The summed E-state index contributed by atoms with van der Waals surface area (Å²) in [4.78, 5) is 2.24. The Labute approximate surface area is 128 Å². The van der Waals surface area contributed by atoms with Gasteiger partial charge in [0, 0.05) is 24.8 Å². The second kappa shape index (κ2) is 7.27. The molecule has 118 valence electrons. The van der Waals surface area contributed by atoms with Crippen LogP contribution in [0.15, 0.2) is 24.3 Å². The first-order valence-electron chi connectivity index (χ1n) is 7.85. The van der Waals surface area contributed by atoms with Crippen LogP contribution >= 0.6 is 0 Å². The van der Waals surface area contributed by atoms with Crippen LogP contribution in [0.4, 0.5) is 5.69 Å². The molecule has 0 aromatic heterocycles. The molecular formula is C16H26N2O2S. The van der Waals surface area contributed by atoms with Gasteiger partial charge in [0.1, 0.15) is 0 Å². The summed E-state index contributed by atoms with van der Waals surface area (Å²) < 4.78 is 23.6. The van der Waals surface area contributed by atoms with E-state index in [-0.39, 0.29) is 5.75 Å². The molecule has 1 atom stereocenters. The lowest BCUT2D eigenvalue weighted by Crippen LogP contribution is -2.30. The molecular weight excluding hydrogens is 284 g/mol. The van der Waals surface area contributed by atoms with Crippen LogP contribution in [0.3, 0.4) is 0 Å². The first kappa shape index (κ1) is 16.3. The SMILES string of the molecule is CCNC(CC)c1ccccc1N1CCCS(=O)(=O)CC1. The van der Waals surface area contributed by atoms with Gasteiger partial charge in [-0.15, -0.1) is 0 Å². The number of hydrogen-bond acceptors (Lipinski definition) is 4. The van der Waals surface area contributed by atoms with Gasteiger partial charge in [-0.05, 0) is 31.0 Å². The average molecular weight is 310 g/mol. The minimum atomic E-state index is -2.87. The lowest BCUT2D eigenvalue weighted by Gasteiger charge is -2.28. The standard InChI is InChI=1S/C16H26N2O2S/c1-3-15(17-4-2)14-8-5-6-9-16(14)18-10-7-12-21(19,20)13-11-18/h5-6,8-9,15,17H,3-4,7,10-13H2,1-2H3. The molecule has 21 heavy (non-hydrogen) atoms. The van der Waals surface area contributed by atoms with Gasteiger partial charge in [-0.1, -0.05) is 32.0 Å². The third-order valence-electron chi connectivity index (χ3n) is 4.07. The van der Waals surface area contributed by atoms with Crippen LogP contribution < -0.4 is 10.2 Å². The maximum Gasteiger partial charge on any atom is 0.152 e. The van der Waals surface area contributed by atoms with Crippen molar-refractivity contribution in [2.24, 2.45) is 0 Å². The maximum absolute atomic E-state index is 11.8. The van der Waals surface area contributed by atoms with E-state index < -0.39 is 9.84 Å². The fraction of sp³-hybridized carbons (Fsp3) is 0.625. The molecule has 1 heterocycles. The molecule has 0 amide bonds. The van der Waals surface area contributed by atoms with Crippen LogP contribution in [0.1, 0.15) is 38.3 Å². The predicted molar refractivity (Wildman–Crippen MR) is 88.6 cm³/mol. The van der Waals surface area contributed by atoms with Crippen molar-refractivity contribution >= 4 is 15.5 Å². The Kier molecular flexibility index (Phi) is 5.65. The number of para-hydroxylation sites is 1. The van der Waals surface area contributed by atoms with Gasteiger partial charge >= 0.3 is 0 Å². The smallest absolute Gasteiger partial charge is 0.152 e. The molecule has 0 spiro atoms. The Morgan fingerprint density at radius 2 is 1.95 bits per heavy atom. The highest BCUT2D eigenvalue weighted by Gasteiger charge is 2.22. The molecule has 0 aliphatic carbocycles. The highest BCUT2D eigenvalue weighted by Crippen LogP contribution is 2.29. The van der Waals surface area contributed by atoms with E-state index in [1.807, 2.05) is 6.07 Å². The fourth-order valence-corrected chi connectivity index (χ4v) is 4.24. The second-order valence-electron chi connectivity index (χ2n) is 5.57. The summed E-state index contributed by atoms with van der Waals surface area (Å²) in [6.07, 6.45) is 1.74. The number of nitrogens with one attached hydrogen (secondary N) is 1. The molecule has 1 aliphatic heterocycles. The van der Waals surface area contributed by atoms with E-state index in [1.165, 1.54) is 11.3 Å². The minimum absolute atomic E-state index is 0.263. The monoisotopic (exact) mass is 310 g/mol. The quantitative estimate of drug-likeness (QED) is 0.907. The summed E-state index contributed by atoms with van der Waals surface area (Å²) >= 11 is 0. The van der Waals surface area contributed by atoms with E-state index in [9.17, 15) is 8.42 Å². The maximum atomic E-state index is 11.8. The lowest BCUT2D eigenvalue weighted by molar-refractivity contribution is 0.536. The highest BCUT2D eigenvalue weighted by molar-refractivity contribution is 7.91. The van der Waals surface area contributed by atoms with Gasteiger partial charge in [0.2, 0.25) is 0 Å². The molecule has 4 nitrogen and oxygen atoms in total. The molecule has 0 saturated carbocycles. The molecule has 1 saturated heterocycles. The van der Waals surface area contributed by atoms with Crippen molar-refractivity contribution < 1.29 is 8.42 Å². The van der Waals surface area contributed by atoms with E-state index in [0.29, 0.717) is 24.8 Å². The van der Waals surface area contributed by atoms with E-state index in [4.69, 9.17) is 0 Å². The molecule has 0 radical (unpaired) electrons. The number of sulfone groups is 1. The number of nitrogens with zero attached hydrogens (tertiary/aromatic N) is 1.